The lowest BCUT2D eigenvalue weighted by atomic mass is 9.91. The molecule has 0 aliphatic heterocycles. The van der Waals surface area contributed by atoms with E-state index in [1.807, 2.05) is 0 Å². The molecular weight excluding hydrogens is 400 g/mol. The minimum Gasteiger partial charge on any atom is -0.506 e. The second-order valence-electron chi connectivity index (χ2n) is 6.54. The second-order valence-corrected chi connectivity index (χ2v) is 6.54. The van der Waals surface area contributed by atoms with E-state index < -0.39 is 82.7 Å². The Bertz CT molecular complexity index is 1610. The zero-order valence-electron chi connectivity index (χ0n) is 15.6. The normalized spacial score (nSPS) is 11.1. The van der Waals surface area contributed by atoms with Crippen molar-refractivity contribution >= 4 is 17.7 Å². The average Bonchev–Trinajstić information content (AvgIpc) is 2.65. The molecule has 0 radical (unpaired) electrons. The van der Waals surface area contributed by atoms with E-state index in [0.29, 0.717) is 6.07 Å². The van der Waals surface area contributed by atoms with Gasteiger partial charge in [-0.25, -0.2) is 0 Å². The monoisotopic (exact) mass is 414 g/mol. The van der Waals surface area contributed by atoms with Crippen molar-refractivity contribution in [1.29, 1.82) is 0 Å². The standard InChI is InChI=1S/C20H14O10/c1-3-6-9(5(2)21)17(25)14-13(15(6)23)16(24)7-4-8(22)11(19(27)28)12(20(29)30)10(7)18(14)26/h4,26-30H,3H2,1-2H3. The third kappa shape index (κ3) is 2.54. The van der Waals surface area contributed by atoms with Gasteiger partial charge in [0.25, 0.3) is 11.9 Å². The molecule has 0 saturated carbocycles. The third-order valence-electron chi connectivity index (χ3n) is 4.90. The molecule has 0 atom stereocenters. The number of hydrogen-bond donors (Lipinski definition) is 5. The van der Waals surface area contributed by atoms with Gasteiger partial charge in [-0.05, 0) is 19.4 Å². The molecule has 3 aliphatic rings. The quantitative estimate of drug-likeness (QED) is 0.314. The Morgan fingerprint density at radius 3 is 1.90 bits per heavy atom. The summed E-state index contributed by atoms with van der Waals surface area (Å²) in [5, 5.41) is 45.0. The molecule has 30 heavy (non-hydrogen) atoms. The Balaban J connectivity index is 3.02. The Morgan fingerprint density at radius 1 is 0.867 bits per heavy atom. The van der Waals surface area contributed by atoms with Gasteiger partial charge in [0.1, 0.15) is 11.0 Å². The summed E-state index contributed by atoms with van der Waals surface area (Å²) in [6.07, 6.45) is -0.0628. The van der Waals surface area contributed by atoms with E-state index in [9.17, 15) is 49.5 Å². The third-order valence-corrected chi connectivity index (χ3v) is 4.90. The number of ketones is 1. The van der Waals surface area contributed by atoms with Crippen molar-refractivity contribution in [3.63, 3.8) is 0 Å². The predicted molar refractivity (Wildman–Crippen MR) is 103 cm³/mol. The molecule has 0 aromatic rings. The summed E-state index contributed by atoms with van der Waals surface area (Å²) in [5.41, 5.74) is -6.68. The Morgan fingerprint density at radius 2 is 1.43 bits per heavy atom. The van der Waals surface area contributed by atoms with Gasteiger partial charge in [0.05, 0.1) is 21.2 Å². The molecule has 5 N–H and O–H groups in total. The summed E-state index contributed by atoms with van der Waals surface area (Å²) in [6, 6.07) is 0.569. The zero-order chi connectivity index (χ0) is 22.7. The number of hydrogen-bond acceptors (Lipinski definition) is 10. The lowest BCUT2D eigenvalue weighted by Gasteiger charge is -2.11. The highest BCUT2D eigenvalue weighted by Gasteiger charge is 2.27. The fourth-order valence-electron chi connectivity index (χ4n) is 3.69. The van der Waals surface area contributed by atoms with Gasteiger partial charge in [-0.2, -0.15) is 0 Å². The van der Waals surface area contributed by atoms with Gasteiger partial charge in [-0.3, -0.25) is 24.0 Å². The number of aliphatic hydroxyl groups is 4. The molecule has 0 aromatic heterocycles. The van der Waals surface area contributed by atoms with Crippen LogP contribution in [-0.4, -0.2) is 31.3 Å². The first-order valence-electron chi connectivity index (χ1n) is 8.53. The highest BCUT2D eigenvalue weighted by atomic mass is 16.5. The maximum Gasteiger partial charge on any atom is 0.286 e. The average molecular weight is 414 g/mol. The molecule has 0 bridgehead atoms. The summed E-state index contributed by atoms with van der Waals surface area (Å²) in [7, 11) is 0. The molecule has 3 rings (SSSR count). The van der Waals surface area contributed by atoms with Crippen LogP contribution in [0.5, 0.6) is 5.75 Å². The Hall–Kier alpha value is -4.21. The summed E-state index contributed by atoms with van der Waals surface area (Å²) in [6.45, 7) is 2.51. The Labute approximate surface area is 164 Å². The molecule has 0 saturated heterocycles. The largest absolute Gasteiger partial charge is 0.506 e. The number of Topliss-reactive ketones (excluding diaryl/α,β-unsaturated/α-hetero) is 1. The predicted octanol–water partition coefficient (Wildman–Crippen LogP) is -1.33. The molecule has 0 spiro atoms. The highest BCUT2D eigenvalue weighted by molar-refractivity contribution is 5.95. The lowest BCUT2D eigenvalue weighted by Crippen LogP contribution is -2.45. The van der Waals surface area contributed by atoms with Crippen LogP contribution in [0.3, 0.4) is 0 Å². The van der Waals surface area contributed by atoms with Crippen molar-refractivity contribution in [3.05, 3.63) is 79.0 Å². The van der Waals surface area contributed by atoms with Crippen LogP contribution in [0.15, 0.2) is 25.2 Å². The van der Waals surface area contributed by atoms with Crippen molar-refractivity contribution < 1.29 is 30.3 Å². The minimum atomic E-state index is -1.66. The number of rotatable bonds is 2. The summed E-state index contributed by atoms with van der Waals surface area (Å²) < 4.78 is 0. The van der Waals surface area contributed by atoms with Gasteiger partial charge in [0.2, 0.25) is 5.43 Å². The van der Waals surface area contributed by atoms with Gasteiger partial charge in [-0.15, -0.1) is 0 Å². The number of carbonyl (C=O) groups is 1. The van der Waals surface area contributed by atoms with E-state index in [2.05, 4.69) is 0 Å². The van der Waals surface area contributed by atoms with E-state index in [1.54, 1.807) is 0 Å². The van der Waals surface area contributed by atoms with E-state index in [4.69, 9.17) is 0 Å². The smallest absolute Gasteiger partial charge is 0.286 e. The summed E-state index contributed by atoms with van der Waals surface area (Å²) in [5.74, 6) is -5.17. The van der Waals surface area contributed by atoms with Crippen LogP contribution in [0.1, 0.15) is 29.8 Å². The number of aromatic hydroxyl groups is 1. The van der Waals surface area contributed by atoms with Crippen LogP contribution < -0.4 is 32.2 Å². The van der Waals surface area contributed by atoms with Gasteiger partial charge < -0.3 is 25.5 Å². The van der Waals surface area contributed by atoms with Crippen LogP contribution in [0.2, 0.25) is 0 Å². The molecule has 10 heteroatoms. The van der Waals surface area contributed by atoms with Crippen LogP contribution in [0.25, 0.3) is 23.0 Å². The first-order chi connectivity index (χ1) is 13.9. The van der Waals surface area contributed by atoms with E-state index in [0.717, 1.165) is 6.92 Å². The van der Waals surface area contributed by atoms with E-state index in [1.165, 1.54) is 6.92 Å². The zero-order valence-corrected chi connectivity index (χ0v) is 15.6. The molecule has 154 valence electrons. The molecule has 0 unspecified atom stereocenters. The summed E-state index contributed by atoms with van der Waals surface area (Å²) >= 11 is 0. The maximum absolute atomic E-state index is 13.0. The molecule has 0 amide bonds. The lowest BCUT2D eigenvalue weighted by molar-refractivity contribution is 0.101. The van der Waals surface area contributed by atoms with E-state index >= 15 is 0 Å². The number of aliphatic hydroxyl groups excluding tert-OH is 2. The van der Waals surface area contributed by atoms with Crippen LogP contribution >= 0.6 is 0 Å². The molecule has 10 nitrogen and oxygen atoms in total. The van der Waals surface area contributed by atoms with Crippen molar-refractivity contribution in [1.82, 2.24) is 0 Å². The highest BCUT2D eigenvalue weighted by Crippen LogP contribution is 2.24. The molecular formula is C20H14O10. The van der Waals surface area contributed by atoms with Gasteiger partial charge in [0, 0.05) is 16.7 Å². The molecule has 0 heterocycles. The molecule has 3 aliphatic carbocycles. The molecule has 0 aromatic carbocycles. The number of fused-ring (bicyclic) bond motifs is 1. The number of benzene rings is 1. The first-order valence-corrected chi connectivity index (χ1v) is 8.53. The van der Waals surface area contributed by atoms with Gasteiger partial charge in [-0.1, -0.05) is 6.92 Å². The minimum absolute atomic E-state index is 0.0628. The maximum atomic E-state index is 13.0. The number of carbonyl (C=O) groups excluding carboxylic acids is 1. The van der Waals surface area contributed by atoms with Gasteiger partial charge >= 0.3 is 0 Å². The van der Waals surface area contributed by atoms with Crippen molar-refractivity contribution in [3.8, 4) is 16.9 Å². The van der Waals surface area contributed by atoms with E-state index in [-0.39, 0.29) is 12.0 Å². The fraction of sp³-hybridized carbons (Fsp3) is 0.150. The fourth-order valence-corrected chi connectivity index (χ4v) is 3.69. The molecule has 0 fully saturated rings. The van der Waals surface area contributed by atoms with Crippen molar-refractivity contribution in [2.45, 2.75) is 20.3 Å². The summed E-state index contributed by atoms with van der Waals surface area (Å²) in [4.78, 5) is 63.0. The van der Waals surface area contributed by atoms with Crippen LogP contribution in [0.4, 0.5) is 0 Å². The van der Waals surface area contributed by atoms with Crippen LogP contribution in [-0.2, 0) is 6.42 Å². The van der Waals surface area contributed by atoms with Gasteiger partial charge in [0.15, 0.2) is 22.1 Å². The Kier molecular flexibility index (Phi) is 4.58. The topological polar surface area (TPSA) is 186 Å². The SMILES string of the molecule is CCc1c(C(C)=O)c(=O)c2c(O)c3c(=C(O)O)c(=C(O)O)c(=O)cc-3c(=O)c=2c1=O. The second kappa shape index (κ2) is 6.69. The first kappa shape index (κ1) is 20.5. The van der Waals surface area contributed by atoms with Crippen molar-refractivity contribution in [2.75, 3.05) is 0 Å². The van der Waals surface area contributed by atoms with Crippen LogP contribution in [0, 0.1) is 10.4 Å². The van der Waals surface area contributed by atoms with Crippen molar-refractivity contribution in [2.24, 2.45) is 0 Å².